The Morgan fingerprint density at radius 1 is 1.07 bits per heavy atom. The molecule has 2 rings (SSSR count). The molecule has 0 saturated heterocycles. The lowest BCUT2D eigenvalue weighted by Crippen LogP contribution is -1.95. The van der Waals surface area contributed by atoms with Crippen LogP contribution in [0.15, 0.2) is 54.5 Å². The summed E-state index contributed by atoms with van der Waals surface area (Å²) in [5.41, 5.74) is 6.75. The first-order valence-electron chi connectivity index (χ1n) is 5.70. The molecule has 0 saturated carbocycles. The fourth-order valence-corrected chi connectivity index (χ4v) is 1.21. The zero-order valence-corrected chi connectivity index (χ0v) is 8.23. The van der Waals surface area contributed by atoms with Gasteiger partial charge in [-0.05, 0) is 29.8 Å². The molecule has 0 fully saturated rings. The average molecular weight is 201 g/mol. The van der Waals surface area contributed by atoms with Crippen molar-refractivity contribution in [1.82, 2.24) is 0 Å². The standard InChI is InChI=1S/C13H13NO/c14-12-6-8-13(9-7-12)15-10-11-4-2-1-3-5-11/h1-9H,10,14H2/i6D,7D. The molecule has 0 unspecified atom stereocenters. The van der Waals surface area contributed by atoms with Gasteiger partial charge in [0.15, 0.2) is 0 Å². The van der Waals surface area contributed by atoms with Crippen LogP contribution in [0.2, 0.25) is 0 Å². The van der Waals surface area contributed by atoms with Crippen LogP contribution in [0.25, 0.3) is 0 Å². The third-order valence-electron chi connectivity index (χ3n) is 1.99. The van der Waals surface area contributed by atoms with Gasteiger partial charge in [0.25, 0.3) is 0 Å². The summed E-state index contributed by atoms with van der Waals surface area (Å²) in [6.45, 7) is 0.420. The fourth-order valence-electron chi connectivity index (χ4n) is 1.21. The number of benzene rings is 2. The summed E-state index contributed by atoms with van der Waals surface area (Å²) in [5, 5.41) is 0. The fraction of sp³-hybridized carbons (Fsp3) is 0.0769. The molecule has 0 spiro atoms. The molecule has 0 atom stereocenters. The van der Waals surface area contributed by atoms with Gasteiger partial charge in [-0.3, -0.25) is 0 Å². The van der Waals surface area contributed by atoms with Gasteiger partial charge < -0.3 is 10.5 Å². The van der Waals surface area contributed by atoms with Gasteiger partial charge in [0.2, 0.25) is 0 Å². The van der Waals surface area contributed by atoms with Crippen molar-refractivity contribution in [2.75, 3.05) is 5.73 Å². The summed E-state index contributed by atoms with van der Waals surface area (Å²) in [6.07, 6.45) is 0. The predicted molar refractivity (Wildman–Crippen MR) is 61.6 cm³/mol. The van der Waals surface area contributed by atoms with Crippen molar-refractivity contribution in [1.29, 1.82) is 0 Å². The Kier molecular flexibility index (Phi) is 2.21. The molecule has 2 heteroatoms. The van der Waals surface area contributed by atoms with Crippen molar-refractivity contribution in [2.45, 2.75) is 6.61 Å². The van der Waals surface area contributed by atoms with Crippen LogP contribution in [0, 0.1) is 0 Å². The Labute approximate surface area is 92.1 Å². The van der Waals surface area contributed by atoms with Crippen molar-refractivity contribution < 1.29 is 7.48 Å². The lowest BCUT2D eigenvalue weighted by atomic mass is 10.2. The average Bonchev–Trinajstić information content (AvgIpc) is 2.34. The van der Waals surface area contributed by atoms with E-state index < -0.39 is 0 Å². The Bertz CT molecular complexity index is 491. The van der Waals surface area contributed by atoms with Gasteiger partial charge in [-0.1, -0.05) is 30.3 Å². The molecule has 0 aliphatic rings. The third kappa shape index (κ3) is 2.74. The van der Waals surface area contributed by atoms with Crippen molar-refractivity contribution in [3.63, 3.8) is 0 Å². The topological polar surface area (TPSA) is 35.2 Å². The molecule has 2 N–H and O–H groups in total. The summed E-state index contributed by atoms with van der Waals surface area (Å²) < 4.78 is 20.6. The number of rotatable bonds is 3. The minimum Gasteiger partial charge on any atom is -0.489 e. The van der Waals surface area contributed by atoms with E-state index in [0.29, 0.717) is 12.4 Å². The van der Waals surface area contributed by atoms with Gasteiger partial charge >= 0.3 is 0 Å². The zero-order valence-electron chi connectivity index (χ0n) is 10.2. The molecule has 0 radical (unpaired) electrons. The van der Waals surface area contributed by atoms with E-state index in [9.17, 15) is 0 Å². The molecule has 0 bridgehead atoms. The molecule has 15 heavy (non-hydrogen) atoms. The van der Waals surface area contributed by atoms with Crippen molar-refractivity contribution >= 4 is 5.69 Å². The Hall–Kier alpha value is -1.96. The third-order valence-corrected chi connectivity index (χ3v) is 1.99. The maximum Gasteiger partial charge on any atom is 0.119 e. The normalized spacial score (nSPS) is 11.7. The molecule has 0 aliphatic carbocycles. The minimum atomic E-state index is 0.126. The highest BCUT2D eigenvalue weighted by molar-refractivity contribution is 5.41. The lowest BCUT2D eigenvalue weighted by Gasteiger charge is -2.05. The van der Waals surface area contributed by atoms with E-state index in [1.165, 1.54) is 12.1 Å². The van der Waals surface area contributed by atoms with E-state index in [-0.39, 0.29) is 17.8 Å². The molecule has 2 nitrogen and oxygen atoms in total. The Morgan fingerprint density at radius 3 is 2.40 bits per heavy atom. The van der Waals surface area contributed by atoms with Crippen LogP contribution in [0.3, 0.4) is 0 Å². The largest absolute Gasteiger partial charge is 0.489 e. The highest BCUT2D eigenvalue weighted by Gasteiger charge is 1.94. The van der Waals surface area contributed by atoms with Gasteiger partial charge in [0.05, 0.1) is 2.74 Å². The highest BCUT2D eigenvalue weighted by Crippen LogP contribution is 2.14. The van der Waals surface area contributed by atoms with E-state index in [1.54, 1.807) is 0 Å². The van der Waals surface area contributed by atoms with Gasteiger partial charge in [-0.2, -0.15) is 0 Å². The number of hydrogen-bond donors (Lipinski definition) is 1. The summed E-state index contributed by atoms with van der Waals surface area (Å²) >= 11 is 0. The first kappa shape index (κ1) is 7.35. The van der Waals surface area contributed by atoms with Crippen LogP contribution < -0.4 is 10.5 Å². The number of hydrogen-bond acceptors (Lipinski definition) is 2. The molecule has 76 valence electrons. The van der Waals surface area contributed by atoms with Crippen LogP contribution in [0.4, 0.5) is 5.69 Å². The summed E-state index contributed by atoms with van der Waals surface area (Å²) in [5.74, 6) is 0.498. The van der Waals surface area contributed by atoms with Crippen molar-refractivity contribution in [2.24, 2.45) is 0 Å². The van der Waals surface area contributed by atoms with Crippen LogP contribution in [-0.4, -0.2) is 0 Å². The van der Waals surface area contributed by atoms with Gasteiger partial charge in [-0.15, -0.1) is 0 Å². The molecular weight excluding hydrogens is 186 g/mol. The minimum absolute atomic E-state index is 0.126. The van der Waals surface area contributed by atoms with E-state index >= 15 is 0 Å². The molecule has 0 aromatic heterocycles. The molecule has 0 heterocycles. The molecule has 0 aliphatic heterocycles. The summed E-state index contributed by atoms with van der Waals surface area (Å²) in [4.78, 5) is 0. The zero-order chi connectivity index (χ0) is 12.3. The van der Waals surface area contributed by atoms with E-state index in [1.807, 2.05) is 30.3 Å². The number of nitrogen functional groups attached to an aromatic ring is 1. The van der Waals surface area contributed by atoms with Gasteiger partial charge in [-0.25, -0.2) is 0 Å². The van der Waals surface area contributed by atoms with Crippen LogP contribution in [-0.2, 0) is 6.61 Å². The van der Waals surface area contributed by atoms with E-state index in [2.05, 4.69) is 0 Å². The maximum absolute atomic E-state index is 7.56. The number of ether oxygens (including phenoxy) is 1. The van der Waals surface area contributed by atoms with E-state index in [4.69, 9.17) is 13.2 Å². The second-order valence-corrected chi connectivity index (χ2v) is 3.17. The predicted octanol–water partition coefficient (Wildman–Crippen LogP) is 2.85. The quantitative estimate of drug-likeness (QED) is 0.775. The van der Waals surface area contributed by atoms with Crippen LogP contribution >= 0.6 is 0 Å². The summed E-state index contributed by atoms with van der Waals surface area (Å²) in [6, 6.07) is 13.0. The SMILES string of the molecule is [2H]c1cc(OCc2ccccc2)cc([2H])c1N. The molecule has 2 aromatic rings. The highest BCUT2D eigenvalue weighted by atomic mass is 16.5. The van der Waals surface area contributed by atoms with Gasteiger partial charge in [0, 0.05) is 5.69 Å². The van der Waals surface area contributed by atoms with Crippen LogP contribution in [0.1, 0.15) is 8.30 Å². The number of anilines is 1. The van der Waals surface area contributed by atoms with Crippen LogP contribution in [0.5, 0.6) is 5.75 Å². The maximum atomic E-state index is 7.56. The molecule has 0 amide bonds. The second-order valence-electron chi connectivity index (χ2n) is 3.17. The summed E-state index contributed by atoms with van der Waals surface area (Å²) in [7, 11) is 0. The van der Waals surface area contributed by atoms with E-state index in [0.717, 1.165) is 5.56 Å². The van der Waals surface area contributed by atoms with Crippen molar-refractivity contribution in [3.05, 3.63) is 60.1 Å². The first-order chi connectivity index (χ1) is 8.16. The Morgan fingerprint density at radius 2 is 1.73 bits per heavy atom. The second kappa shape index (κ2) is 4.51. The number of nitrogens with two attached hydrogens (primary N) is 1. The van der Waals surface area contributed by atoms with Crippen molar-refractivity contribution in [3.8, 4) is 5.75 Å². The Balaban J connectivity index is 2.10. The molecule has 2 aromatic carbocycles. The molecular formula is C13H13NO. The monoisotopic (exact) mass is 201 g/mol. The first-order valence-corrected chi connectivity index (χ1v) is 4.70. The lowest BCUT2D eigenvalue weighted by molar-refractivity contribution is 0.306. The van der Waals surface area contributed by atoms with Gasteiger partial charge in [0.1, 0.15) is 12.4 Å². The smallest absolute Gasteiger partial charge is 0.119 e.